The average Bonchev–Trinajstić information content (AvgIpc) is 3.48. The summed E-state index contributed by atoms with van der Waals surface area (Å²) in [7, 11) is 0. The van der Waals surface area contributed by atoms with Gasteiger partial charge < -0.3 is 19.4 Å². The number of halogens is 4. The van der Waals surface area contributed by atoms with Crippen molar-refractivity contribution in [3.05, 3.63) is 59.3 Å². The number of anilines is 2. The van der Waals surface area contributed by atoms with Gasteiger partial charge in [-0.3, -0.25) is 4.79 Å². The van der Waals surface area contributed by atoms with Crippen LogP contribution in [-0.2, 0) is 10.2 Å². The van der Waals surface area contributed by atoms with Crippen LogP contribution in [0.15, 0.2) is 34.9 Å². The van der Waals surface area contributed by atoms with Crippen LogP contribution in [0.5, 0.6) is 0 Å². The lowest BCUT2D eigenvalue weighted by Gasteiger charge is -2.29. The van der Waals surface area contributed by atoms with E-state index in [2.05, 4.69) is 15.2 Å². The van der Waals surface area contributed by atoms with Gasteiger partial charge in [0.05, 0.1) is 25.1 Å². The van der Waals surface area contributed by atoms with Gasteiger partial charge >= 0.3 is 6.18 Å². The van der Waals surface area contributed by atoms with Gasteiger partial charge in [0.15, 0.2) is 11.5 Å². The summed E-state index contributed by atoms with van der Waals surface area (Å²) in [6, 6.07) is 6.61. The Hall–Kier alpha value is -4.00. The van der Waals surface area contributed by atoms with Crippen LogP contribution in [0.4, 0.5) is 29.1 Å². The molecule has 1 saturated carbocycles. The number of benzene rings is 1. The SMILES string of the molecule is Cc1cc(F)c(NC(=O)c2cnc(C(C)(C)C(F)(F)F)o2)cc1-c1cc(N2CCOCC2)n2nc(C3CC3)nc2c1. The van der Waals surface area contributed by atoms with E-state index >= 15 is 4.39 Å². The van der Waals surface area contributed by atoms with Crippen LogP contribution in [0.25, 0.3) is 16.8 Å². The number of ether oxygens (including phenoxy) is 1. The number of carbonyl (C=O) groups excluding carboxylic acids is 1. The first-order valence-corrected chi connectivity index (χ1v) is 13.3. The summed E-state index contributed by atoms with van der Waals surface area (Å²) in [5.74, 6) is -0.788. The van der Waals surface area contributed by atoms with Gasteiger partial charge in [-0.05, 0) is 74.6 Å². The second-order valence-corrected chi connectivity index (χ2v) is 11.0. The fourth-order valence-electron chi connectivity index (χ4n) is 4.72. The number of oxazole rings is 1. The van der Waals surface area contributed by atoms with Crippen LogP contribution < -0.4 is 10.2 Å². The van der Waals surface area contributed by atoms with Crippen LogP contribution in [0.3, 0.4) is 0 Å². The summed E-state index contributed by atoms with van der Waals surface area (Å²) in [6.07, 6.45) is -1.64. The van der Waals surface area contributed by atoms with Gasteiger partial charge in [-0.15, -0.1) is 5.10 Å². The monoisotopic (exact) mass is 572 g/mol. The maximum absolute atomic E-state index is 15.0. The van der Waals surface area contributed by atoms with Crippen molar-refractivity contribution in [2.24, 2.45) is 0 Å². The van der Waals surface area contributed by atoms with E-state index in [0.29, 0.717) is 49.0 Å². The topological polar surface area (TPSA) is 97.8 Å². The first-order chi connectivity index (χ1) is 19.4. The lowest BCUT2D eigenvalue weighted by Crippen LogP contribution is -2.37. The molecule has 1 aliphatic heterocycles. The normalized spacial score (nSPS) is 16.4. The number of carbonyl (C=O) groups is 1. The molecule has 3 aromatic heterocycles. The molecule has 0 radical (unpaired) electrons. The fraction of sp³-hybridized carbons (Fsp3) is 0.429. The number of aryl methyl sites for hydroxylation is 1. The van der Waals surface area contributed by atoms with Crippen molar-refractivity contribution in [3.8, 4) is 11.1 Å². The molecule has 2 fully saturated rings. The minimum absolute atomic E-state index is 0.156. The number of morpholine rings is 1. The zero-order chi connectivity index (χ0) is 29.1. The van der Waals surface area contributed by atoms with E-state index in [0.717, 1.165) is 50.1 Å². The summed E-state index contributed by atoms with van der Waals surface area (Å²) in [5.41, 5.74) is 0.0970. The highest BCUT2D eigenvalue weighted by molar-refractivity contribution is 6.02. The summed E-state index contributed by atoms with van der Waals surface area (Å²) < 4.78 is 67.7. The van der Waals surface area contributed by atoms with E-state index < -0.39 is 35.0 Å². The fourth-order valence-corrected chi connectivity index (χ4v) is 4.72. The summed E-state index contributed by atoms with van der Waals surface area (Å²) in [6.45, 7) is 6.05. The van der Waals surface area contributed by atoms with Crippen molar-refractivity contribution in [1.29, 1.82) is 0 Å². The van der Waals surface area contributed by atoms with Crippen LogP contribution in [0, 0.1) is 12.7 Å². The molecule has 13 heteroatoms. The summed E-state index contributed by atoms with van der Waals surface area (Å²) in [5, 5.41) is 7.19. The molecule has 0 bridgehead atoms. The lowest BCUT2D eigenvalue weighted by atomic mass is 9.93. The van der Waals surface area contributed by atoms with Gasteiger partial charge in [-0.1, -0.05) is 0 Å². The predicted molar refractivity (Wildman–Crippen MR) is 142 cm³/mol. The number of hydrogen-bond donors (Lipinski definition) is 1. The van der Waals surface area contributed by atoms with E-state index in [4.69, 9.17) is 19.2 Å². The van der Waals surface area contributed by atoms with Crippen LogP contribution in [-0.4, -0.2) is 58.0 Å². The van der Waals surface area contributed by atoms with Gasteiger partial charge in [0.25, 0.3) is 5.91 Å². The number of rotatable bonds is 6. The third-order valence-corrected chi connectivity index (χ3v) is 7.56. The Morgan fingerprint density at radius 2 is 1.83 bits per heavy atom. The molecule has 4 aromatic rings. The van der Waals surface area contributed by atoms with E-state index in [1.54, 1.807) is 6.92 Å². The first kappa shape index (κ1) is 27.2. The molecule has 2 aliphatic rings. The molecular formula is C28H28F4N6O3. The van der Waals surface area contributed by atoms with E-state index in [1.165, 1.54) is 12.1 Å². The largest absolute Gasteiger partial charge is 0.435 e. The lowest BCUT2D eigenvalue weighted by molar-refractivity contribution is -0.186. The average molecular weight is 573 g/mol. The number of aromatic nitrogens is 4. The highest BCUT2D eigenvalue weighted by atomic mass is 19.4. The van der Waals surface area contributed by atoms with Crippen LogP contribution >= 0.6 is 0 Å². The Morgan fingerprint density at radius 3 is 2.51 bits per heavy atom. The molecule has 1 amide bonds. The Balaban J connectivity index is 1.35. The Labute approximate surface area is 232 Å². The van der Waals surface area contributed by atoms with Crippen molar-refractivity contribution >= 4 is 23.1 Å². The molecule has 4 heterocycles. The number of pyridine rings is 1. The summed E-state index contributed by atoms with van der Waals surface area (Å²) >= 11 is 0. The van der Waals surface area contributed by atoms with Crippen molar-refractivity contribution in [2.45, 2.75) is 51.1 Å². The summed E-state index contributed by atoms with van der Waals surface area (Å²) in [4.78, 5) is 23.4. The highest BCUT2D eigenvalue weighted by Crippen LogP contribution is 2.41. The number of hydrogen-bond acceptors (Lipinski definition) is 7. The molecule has 1 aliphatic carbocycles. The number of amides is 1. The molecule has 9 nitrogen and oxygen atoms in total. The van der Waals surface area contributed by atoms with E-state index in [1.807, 2.05) is 16.6 Å². The zero-order valence-electron chi connectivity index (χ0n) is 22.7. The zero-order valence-corrected chi connectivity index (χ0v) is 22.7. The minimum atomic E-state index is -4.64. The molecule has 41 heavy (non-hydrogen) atoms. The minimum Gasteiger partial charge on any atom is -0.435 e. The Kier molecular flexibility index (Phi) is 6.51. The van der Waals surface area contributed by atoms with Gasteiger partial charge in [0, 0.05) is 19.0 Å². The molecule has 216 valence electrons. The quantitative estimate of drug-likeness (QED) is 0.299. The van der Waals surface area contributed by atoms with Crippen LogP contribution in [0.1, 0.15) is 60.4 Å². The number of nitrogens with one attached hydrogen (secondary N) is 1. The second kappa shape index (κ2) is 9.82. The smallest absolute Gasteiger partial charge is 0.402 e. The second-order valence-electron chi connectivity index (χ2n) is 11.0. The number of fused-ring (bicyclic) bond motifs is 1. The van der Waals surface area contributed by atoms with Crippen molar-refractivity contribution in [1.82, 2.24) is 19.6 Å². The molecular weight excluding hydrogens is 544 g/mol. The first-order valence-electron chi connectivity index (χ1n) is 13.3. The van der Waals surface area contributed by atoms with E-state index in [-0.39, 0.29) is 5.69 Å². The molecule has 1 saturated heterocycles. The number of nitrogens with zero attached hydrogens (tertiary/aromatic N) is 5. The third kappa shape index (κ3) is 5.03. The maximum atomic E-state index is 15.0. The highest BCUT2D eigenvalue weighted by Gasteiger charge is 2.52. The number of alkyl halides is 3. The standard InChI is InChI=1S/C28H28F4N6O3/c1-15-10-19(29)20(34-25(39)21-14-33-26(41-21)27(2,3)28(30,31)32)13-18(15)17-11-22-35-24(16-4-5-16)36-38(22)23(12-17)37-6-8-40-9-7-37/h10-14,16H,4-9H2,1-3H3,(H,34,39). The van der Waals surface area contributed by atoms with Crippen molar-refractivity contribution in [3.63, 3.8) is 0 Å². The Bertz CT molecular complexity index is 1630. The van der Waals surface area contributed by atoms with Gasteiger partial charge in [0.1, 0.15) is 17.1 Å². The maximum Gasteiger partial charge on any atom is 0.402 e. The van der Waals surface area contributed by atoms with Gasteiger partial charge in [0.2, 0.25) is 11.7 Å². The van der Waals surface area contributed by atoms with Crippen LogP contribution in [0.2, 0.25) is 0 Å². The molecule has 0 unspecified atom stereocenters. The predicted octanol–water partition coefficient (Wildman–Crippen LogP) is 5.64. The molecule has 1 N–H and O–H groups in total. The van der Waals surface area contributed by atoms with Gasteiger partial charge in [-0.25, -0.2) is 14.4 Å². The third-order valence-electron chi connectivity index (χ3n) is 7.56. The molecule has 0 spiro atoms. The van der Waals surface area contributed by atoms with Gasteiger partial charge in [-0.2, -0.15) is 17.7 Å². The molecule has 0 atom stereocenters. The molecule has 6 rings (SSSR count). The van der Waals surface area contributed by atoms with Crippen molar-refractivity contribution < 1.29 is 31.5 Å². The molecule has 1 aromatic carbocycles. The van der Waals surface area contributed by atoms with Crippen molar-refractivity contribution in [2.75, 3.05) is 36.5 Å². The van der Waals surface area contributed by atoms with E-state index in [9.17, 15) is 18.0 Å². The Morgan fingerprint density at radius 1 is 1.10 bits per heavy atom.